The van der Waals surface area contributed by atoms with Crippen molar-refractivity contribution in [3.8, 4) is 0 Å². The summed E-state index contributed by atoms with van der Waals surface area (Å²) >= 11 is 0. The second kappa shape index (κ2) is 5.38. The van der Waals surface area contributed by atoms with E-state index in [0.717, 1.165) is 12.8 Å². The monoisotopic (exact) mass is 187 g/mol. The molecular weight excluding hydrogens is 170 g/mol. The van der Waals surface area contributed by atoms with Gasteiger partial charge in [0.05, 0.1) is 0 Å². The van der Waals surface area contributed by atoms with Crippen molar-refractivity contribution in [3.63, 3.8) is 0 Å². The van der Waals surface area contributed by atoms with E-state index in [1.165, 1.54) is 16.7 Å². The maximum atomic E-state index is 3.75. The van der Waals surface area contributed by atoms with Crippen LogP contribution in [0.25, 0.3) is 0 Å². The highest BCUT2D eigenvalue weighted by Crippen LogP contribution is 2.09. The first-order valence-electron chi connectivity index (χ1n) is 4.95. The molecule has 1 heteroatoms. The minimum Gasteiger partial charge on any atom is -0.273 e. The lowest BCUT2D eigenvalue weighted by Gasteiger charge is -2.02. The van der Waals surface area contributed by atoms with Crippen molar-refractivity contribution >= 4 is 6.72 Å². The summed E-state index contributed by atoms with van der Waals surface area (Å²) in [6.45, 7) is 7.68. The lowest BCUT2D eigenvalue weighted by Crippen LogP contribution is -1.87. The molecule has 0 N–H and O–H groups in total. The average Bonchev–Trinajstić information content (AvgIpc) is 2.19. The van der Waals surface area contributed by atoms with E-state index in [4.69, 9.17) is 0 Å². The molecule has 1 nitrogen and oxygen atoms in total. The molecule has 14 heavy (non-hydrogen) atoms. The van der Waals surface area contributed by atoms with Crippen LogP contribution < -0.4 is 0 Å². The first-order chi connectivity index (χ1) is 6.76. The third kappa shape index (κ3) is 3.17. The molecule has 74 valence electrons. The van der Waals surface area contributed by atoms with Gasteiger partial charge in [0.25, 0.3) is 0 Å². The van der Waals surface area contributed by atoms with Gasteiger partial charge in [-0.05, 0) is 37.6 Å². The SMILES string of the molecule is C=N/C=C(\C)Cc1ccc(CC)cc1. The van der Waals surface area contributed by atoms with Crippen molar-refractivity contribution in [2.75, 3.05) is 0 Å². The quantitative estimate of drug-likeness (QED) is 0.641. The van der Waals surface area contributed by atoms with Crippen LogP contribution >= 0.6 is 0 Å². The molecule has 0 fully saturated rings. The van der Waals surface area contributed by atoms with E-state index in [1.54, 1.807) is 0 Å². The maximum Gasteiger partial charge on any atom is 0.0253 e. The molecule has 0 aliphatic heterocycles. The lowest BCUT2D eigenvalue weighted by atomic mass is 10.0. The standard InChI is InChI=1S/C13H17N/c1-4-12-5-7-13(8-6-12)9-11(2)10-14-3/h5-8,10H,3-4,9H2,1-2H3/b11-10+. The van der Waals surface area contributed by atoms with Gasteiger partial charge in [-0.1, -0.05) is 36.8 Å². The minimum atomic E-state index is 0.961. The fraction of sp³-hybridized carbons (Fsp3) is 0.308. The summed E-state index contributed by atoms with van der Waals surface area (Å²) < 4.78 is 0. The number of aliphatic imine (C=N–C) groups is 1. The van der Waals surface area contributed by atoms with Crippen molar-refractivity contribution in [2.24, 2.45) is 4.99 Å². The first kappa shape index (κ1) is 10.7. The molecule has 0 unspecified atom stereocenters. The molecule has 0 saturated carbocycles. The number of aryl methyl sites for hydroxylation is 1. The number of allylic oxidation sites excluding steroid dienone is 1. The van der Waals surface area contributed by atoms with E-state index in [1.807, 2.05) is 6.20 Å². The third-order valence-electron chi connectivity index (χ3n) is 2.23. The van der Waals surface area contributed by atoms with E-state index < -0.39 is 0 Å². The van der Waals surface area contributed by atoms with Crippen LogP contribution in [-0.4, -0.2) is 6.72 Å². The Hall–Kier alpha value is -1.37. The molecule has 0 aromatic heterocycles. The van der Waals surface area contributed by atoms with Gasteiger partial charge in [-0.2, -0.15) is 0 Å². The van der Waals surface area contributed by atoms with Crippen LogP contribution in [0.3, 0.4) is 0 Å². The maximum absolute atomic E-state index is 3.75. The highest BCUT2D eigenvalue weighted by molar-refractivity contribution is 5.29. The van der Waals surface area contributed by atoms with Gasteiger partial charge in [0.15, 0.2) is 0 Å². The normalized spacial score (nSPS) is 11.4. The van der Waals surface area contributed by atoms with Crippen LogP contribution in [0.1, 0.15) is 25.0 Å². The van der Waals surface area contributed by atoms with Crippen molar-refractivity contribution in [1.82, 2.24) is 0 Å². The Balaban J connectivity index is 2.68. The lowest BCUT2D eigenvalue weighted by molar-refractivity contribution is 1.10. The molecule has 0 atom stereocenters. The Morgan fingerprint density at radius 2 is 1.86 bits per heavy atom. The van der Waals surface area contributed by atoms with E-state index in [0.29, 0.717) is 0 Å². The highest BCUT2D eigenvalue weighted by Gasteiger charge is 1.94. The molecule has 1 rings (SSSR count). The van der Waals surface area contributed by atoms with Gasteiger partial charge in [0, 0.05) is 6.20 Å². The second-order valence-electron chi connectivity index (χ2n) is 3.50. The number of benzene rings is 1. The molecule has 0 aliphatic carbocycles. The van der Waals surface area contributed by atoms with Crippen LogP contribution in [0, 0.1) is 0 Å². The molecule has 0 aliphatic rings. The predicted octanol–water partition coefficient (Wildman–Crippen LogP) is 3.40. The zero-order chi connectivity index (χ0) is 10.4. The molecule has 0 amide bonds. The minimum absolute atomic E-state index is 0.961. The molecule has 0 bridgehead atoms. The predicted molar refractivity (Wildman–Crippen MR) is 62.8 cm³/mol. The van der Waals surface area contributed by atoms with Gasteiger partial charge in [-0.25, -0.2) is 0 Å². The molecule has 1 aromatic rings. The van der Waals surface area contributed by atoms with E-state index in [9.17, 15) is 0 Å². The van der Waals surface area contributed by atoms with Crippen LogP contribution in [-0.2, 0) is 12.8 Å². The number of nitrogens with zero attached hydrogens (tertiary/aromatic N) is 1. The molecule has 0 radical (unpaired) electrons. The Kier molecular flexibility index (Phi) is 4.11. The molecule has 1 aromatic carbocycles. The van der Waals surface area contributed by atoms with Crippen LogP contribution in [0.2, 0.25) is 0 Å². The van der Waals surface area contributed by atoms with Crippen LogP contribution in [0.15, 0.2) is 41.0 Å². The van der Waals surface area contributed by atoms with Crippen molar-refractivity contribution in [1.29, 1.82) is 0 Å². The number of hydrogen-bond donors (Lipinski definition) is 0. The van der Waals surface area contributed by atoms with Gasteiger partial charge in [-0.15, -0.1) is 0 Å². The summed E-state index contributed by atoms with van der Waals surface area (Å²) in [5.74, 6) is 0. The fourth-order valence-corrected chi connectivity index (χ4v) is 1.42. The smallest absolute Gasteiger partial charge is 0.0253 e. The largest absolute Gasteiger partial charge is 0.273 e. The summed E-state index contributed by atoms with van der Waals surface area (Å²) in [4.78, 5) is 3.75. The molecular formula is C13H17N. The molecule has 0 heterocycles. The van der Waals surface area contributed by atoms with Crippen molar-refractivity contribution in [3.05, 3.63) is 47.2 Å². The Labute approximate surface area is 86.2 Å². The first-order valence-corrected chi connectivity index (χ1v) is 4.95. The van der Waals surface area contributed by atoms with Crippen molar-refractivity contribution < 1.29 is 0 Å². The van der Waals surface area contributed by atoms with Crippen LogP contribution in [0.5, 0.6) is 0 Å². The Morgan fingerprint density at radius 1 is 1.29 bits per heavy atom. The van der Waals surface area contributed by atoms with E-state index in [2.05, 4.69) is 49.8 Å². The van der Waals surface area contributed by atoms with Gasteiger partial charge < -0.3 is 0 Å². The average molecular weight is 187 g/mol. The van der Waals surface area contributed by atoms with Gasteiger partial charge in [0.1, 0.15) is 0 Å². The Bertz CT molecular complexity index is 320. The highest BCUT2D eigenvalue weighted by atomic mass is 14.6. The third-order valence-corrected chi connectivity index (χ3v) is 2.23. The second-order valence-corrected chi connectivity index (χ2v) is 3.50. The van der Waals surface area contributed by atoms with Gasteiger partial charge in [0.2, 0.25) is 0 Å². The topological polar surface area (TPSA) is 12.4 Å². The zero-order valence-corrected chi connectivity index (χ0v) is 8.96. The van der Waals surface area contributed by atoms with E-state index in [-0.39, 0.29) is 0 Å². The van der Waals surface area contributed by atoms with E-state index >= 15 is 0 Å². The summed E-state index contributed by atoms with van der Waals surface area (Å²) in [6, 6.07) is 8.73. The molecule has 0 spiro atoms. The molecule has 0 saturated heterocycles. The summed E-state index contributed by atoms with van der Waals surface area (Å²) in [5.41, 5.74) is 3.96. The zero-order valence-electron chi connectivity index (χ0n) is 8.96. The summed E-state index contributed by atoms with van der Waals surface area (Å²) in [5, 5.41) is 0. The van der Waals surface area contributed by atoms with Gasteiger partial charge in [-0.3, -0.25) is 4.99 Å². The van der Waals surface area contributed by atoms with Crippen LogP contribution in [0.4, 0.5) is 0 Å². The number of hydrogen-bond acceptors (Lipinski definition) is 1. The Morgan fingerprint density at radius 3 is 2.36 bits per heavy atom. The fourth-order valence-electron chi connectivity index (χ4n) is 1.42. The number of rotatable bonds is 4. The summed E-state index contributed by atoms with van der Waals surface area (Å²) in [6.07, 6.45) is 3.88. The summed E-state index contributed by atoms with van der Waals surface area (Å²) in [7, 11) is 0. The van der Waals surface area contributed by atoms with Gasteiger partial charge >= 0.3 is 0 Å². The van der Waals surface area contributed by atoms with Crippen molar-refractivity contribution in [2.45, 2.75) is 26.7 Å².